The highest BCUT2D eigenvalue weighted by Gasteiger charge is 2.14. The monoisotopic (exact) mass is 962 g/mol. The summed E-state index contributed by atoms with van der Waals surface area (Å²) in [7, 11) is 0. The van der Waals surface area contributed by atoms with Crippen molar-refractivity contribution in [2.75, 3.05) is 64.8 Å². The standard InChI is InChI=1S/C12H19NO2.C12H17NO2.C9H15BrO2.C9H16O3.C8H12O2/c2*13-9-5-2-1-3-6-10-14-12-8-4-7-11-15-12;2*1-2-12-9(11)7-5-3-4-6-8-10;1-2-6-9-8-5-3-4-7-10-8/h3,6,12H,1-2,4-5,7-8,10-11H2;12H,1-2,4-5,7-8,10-11H2;4,6H,2-3,5,7-8H2,1H3;4,6,10H,2-3,5,7-8H2,1H3;1,8H,3-7H2/b;;2*6-4-;. The fourth-order valence-electron chi connectivity index (χ4n) is 5.41. The first-order valence-electron chi connectivity index (χ1n) is 23.2. The van der Waals surface area contributed by atoms with Gasteiger partial charge in [-0.2, -0.15) is 10.5 Å². The van der Waals surface area contributed by atoms with Gasteiger partial charge in [-0.25, -0.2) is 0 Å². The molecule has 0 bridgehead atoms. The van der Waals surface area contributed by atoms with Gasteiger partial charge in [-0.1, -0.05) is 64.2 Å². The molecule has 362 valence electrons. The zero-order valence-electron chi connectivity index (χ0n) is 39.0. The lowest BCUT2D eigenvalue weighted by molar-refractivity contribution is -0.155. The van der Waals surface area contributed by atoms with Crippen LogP contribution in [0.25, 0.3) is 0 Å². The molecule has 0 spiro atoms. The van der Waals surface area contributed by atoms with E-state index < -0.39 is 0 Å². The molecule has 3 aliphatic heterocycles. The number of alkyl halides is 1. The number of terminal acetylenes is 1. The maximum Gasteiger partial charge on any atom is 0.305 e. The van der Waals surface area contributed by atoms with Crippen LogP contribution >= 0.6 is 15.9 Å². The Hall–Kier alpha value is -3.54. The van der Waals surface area contributed by atoms with E-state index in [-0.39, 0.29) is 37.4 Å². The normalized spacial score (nSPS) is 17.7. The van der Waals surface area contributed by atoms with Crippen LogP contribution in [-0.4, -0.2) is 101 Å². The first-order chi connectivity index (χ1) is 31.4. The summed E-state index contributed by atoms with van der Waals surface area (Å²) in [5.74, 6) is 8.08. The van der Waals surface area contributed by atoms with Gasteiger partial charge in [0.25, 0.3) is 0 Å². The molecule has 64 heavy (non-hydrogen) atoms. The summed E-state index contributed by atoms with van der Waals surface area (Å²) < 4.78 is 41.7. The topological polar surface area (TPSA) is 176 Å². The number of nitriles is 2. The molecule has 3 saturated heterocycles. The SMILES string of the molecule is C#CCOC1CCCCO1.CCOC(=O)CCC/C=C\CBr.CCOC(=O)CCC/C=C\CO.N#CCCCC#CCOC1CCCCO1.N#CCCCC=CCOC1CCCCO1. The summed E-state index contributed by atoms with van der Waals surface area (Å²) in [5, 5.41) is 25.9. The molecular formula is C50H79BrN2O11. The minimum absolute atomic E-state index is 0.00232. The number of hydrogen-bond donors (Lipinski definition) is 1. The molecule has 0 amide bonds. The van der Waals surface area contributed by atoms with Gasteiger partial charge in [0.2, 0.25) is 0 Å². The number of rotatable bonds is 24. The van der Waals surface area contributed by atoms with Crippen LogP contribution in [0.2, 0.25) is 0 Å². The van der Waals surface area contributed by atoms with E-state index in [9.17, 15) is 9.59 Å². The second-order valence-electron chi connectivity index (χ2n) is 14.1. The lowest BCUT2D eigenvalue weighted by Crippen LogP contribution is -2.22. The largest absolute Gasteiger partial charge is 0.466 e. The first kappa shape index (κ1) is 62.5. The number of hydrogen-bond acceptors (Lipinski definition) is 13. The number of nitrogens with zero attached hydrogens (tertiary/aromatic N) is 2. The van der Waals surface area contributed by atoms with Gasteiger partial charge in [0.1, 0.15) is 13.2 Å². The van der Waals surface area contributed by atoms with Crippen LogP contribution in [-0.2, 0) is 47.5 Å². The zero-order valence-corrected chi connectivity index (χ0v) is 40.6. The quantitative estimate of drug-likeness (QED) is 0.0318. The average Bonchev–Trinajstić information content (AvgIpc) is 3.32. The molecule has 0 saturated carbocycles. The van der Waals surface area contributed by atoms with Gasteiger partial charge in [-0.15, -0.1) is 12.3 Å². The van der Waals surface area contributed by atoms with Gasteiger partial charge >= 0.3 is 11.9 Å². The van der Waals surface area contributed by atoms with E-state index in [4.69, 9.17) is 59.9 Å². The molecular weight excluding hydrogens is 884 g/mol. The number of carbonyl (C=O) groups excluding carboxylic acids is 2. The number of esters is 2. The van der Waals surface area contributed by atoms with Crippen LogP contribution in [0.4, 0.5) is 0 Å². The van der Waals surface area contributed by atoms with Gasteiger partial charge in [-0.05, 0) is 117 Å². The molecule has 3 rings (SSSR count). The van der Waals surface area contributed by atoms with Crippen LogP contribution in [0.5, 0.6) is 0 Å². The van der Waals surface area contributed by atoms with Crippen molar-refractivity contribution in [2.24, 2.45) is 0 Å². The van der Waals surface area contributed by atoms with Crippen molar-refractivity contribution in [3.8, 4) is 36.3 Å². The van der Waals surface area contributed by atoms with Crippen LogP contribution < -0.4 is 0 Å². The maximum atomic E-state index is 10.8. The van der Waals surface area contributed by atoms with E-state index in [0.29, 0.717) is 58.7 Å². The van der Waals surface area contributed by atoms with E-state index in [0.717, 1.165) is 115 Å². The third kappa shape index (κ3) is 49.5. The van der Waals surface area contributed by atoms with Crippen molar-refractivity contribution in [1.82, 2.24) is 0 Å². The van der Waals surface area contributed by atoms with Crippen LogP contribution in [0.15, 0.2) is 36.5 Å². The van der Waals surface area contributed by atoms with Crippen LogP contribution in [0.1, 0.15) is 149 Å². The Balaban J connectivity index is 0. The second-order valence-corrected chi connectivity index (χ2v) is 14.8. The fraction of sp³-hybridized carbons (Fsp3) is 0.720. The number of halogens is 1. The van der Waals surface area contributed by atoms with Crippen molar-refractivity contribution in [3.05, 3.63) is 36.5 Å². The summed E-state index contributed by atoms with van der Waals surface area (Å²) >= 11 is 3.28. The van der Waals surface area contributed by atoms with Gasteiger partial charge in [0, 0.05) is 57.3 Å². The molecule has 14 heteroatoms. The van der Waals surface area contributed by atoms with Gasteiger partial charge in [0.05, 0.1) is 38.6 Å². The third-order valence-corrected chi connectivity index (χ3v) is 9.04. The lowest BCUT2D eigenvalue weighted by Gasteiger charge is -2.21. The number of carbonyl (C=O) groups is 2. The van der Waals surface area contributed by atoms with E-state index in [1.165, 1.54) is 19.3 Å². The Morgan fingerprint density at radius 3 is 1.59 bits per heavy atom. The molecule has 3 unspecified atom stereocenters. The van der Waals surface area contributed by atoms with Crippen LogP contribution in [0, 0.1) is 46.8 Å². The van der Waals surface area contributed by atoms with Crippen molar-refractivity contribution < 1.29 is 52.6 Å². The molecule has 3 atom stereocenters. The summed E-state index contributed by atoms with van der Waals surface area (Å²) in [4.78, 5) is 21.6. The first-order valence-corrected chi connectivity index (χ1v) is 24.3. The molecule has 0 aromatic rings. The smallest absolute Gasteiger partial charge is 0.305 e. The van der Waals surface area contributed by atoms with Crippen molar-refractivity contribution >= 4 is 27.9 Å². The van der Waals surface area contributed by atoms with E-state index in [2.05, 4.69) is 58.0 Å². The third-order valence-electron chi connectivity index (χ3n) is 8.67. The summed E-state index contributed by atoms with van der Waals surface area (Å²) in [5.41, 5.74) is 0. The Kier molecular flexibility index (Phi) is 52.6. The number of aliphatic hydroxyl groups is 1. The molecule has 0 radical (unpaired) electrons. The molecule has 3 aliphatic rings. The van der Waals surface area contributed by atoms with Crippen LogP contribution in [0.3, 0.4) is 0 Å². The highest BCUT2D eigenvalue weighted by molar-refractivity contribution is 9.09. The molecule has 1 N–H and O–H groups in total. The fourth-order valence-corrected chi connectivity index (χ4v) is 5.68. The molecule has 3 fully saturated rings. The number of ether oxygens (including phenoxy) is 8. The molecule has 0 aromatic carbocycles. The summed E-state index contributed by atoms with van der Waals surface area (Å²) in [6.07, 6.45) is 35.8. The van der Waals surface area contributed by atoms with Crippen molar-refractivity contribution in [2.45, 2.75) is 168 Å². The Morgan fingerprint density at radius 2 is 1.12 bits per heavy atom. The van der Waals surface area contributed by atoms with Crippen molar-refractivity contribution in [3.63, 3.8) is 0 Å². The Bertz CT molecular complexity index is 1310. The predicted molar refractivity (Wildman–Crippen MR) is 253 cm³/mol. The second kappa shape index (κ2) is 53.8. The zero-order chi connectivity index (χ0) is 47.2. The Labute approximate surface area is 394 Å². The highest BCUT2D eigenvalue weighted by Crippen LogP contribution is 2.15. The van der Waals surface area contributed by atoms with Gasteiger partial charge < -0.3 is 43.0 Å². The van der Waals surface area contributed by atoms with E-state index in [1.54, 1.807) is 13.0 Å². The summed E-state index contributed by atoms with van der Waals surface area (Å²) in [6, 6.07) is 4.22. The molecule has 0 aliphatic carbocycles. The summed E-state index contributed by atoms with van der Waals surface area (Å²) in [6.45, 7) is 8.50. The minimum Gasteiger partial charge on any atom is -0.466 e. The molecule has 0 aromatic heterocycles. The molecule has 3 heterocycles. The van der Waals surface area contributed by atoms with Gasteiger partial charge in [-0.3, -0.25) is 9.59 Å². The average molecular weight is 964 g/mol. The Morgan fingerprint density at radius 1 is 0.641 bits per heavy atom. The maximum absolute atomic E-state index is 10.8. The van der Waals surface area contributed by atoms with E-state index >= 15 is 0 Å². The van der Waals surface area contributed by atoms with E-state index in [1.807, 2.05) is 25.2 Å². The predicted octanol–water partition coefficient (Wildman–Crippen LogP) is 10.1. The number of aliphatic hydroxyl groups excluding tert-OH is 1. The number of unbranched alkanes of at least 4 members (excludes halogenated alkanes) is 6. The highest BCUT2D eigenvalue weighted by atomic mass is 79.9. The minimum atomic E-state index is -0.144. The lowest BCUT2D eigenvalue weighted by atomic mass is 10.2. The van der Waals surface area contributed by atoms with Gasteiger partial charge in [0.15, 0.2) is 18.9 Å². The number of allylic oxidation sites excluding steroid dienone is 4. The molecule has 13 nitrogen and oxygen atoms in total. The van der Waals surface area contributed by atoms with Crippen molar-refractivity contribution in [1.29, 1.82) is 10.5 Å².